The molecule has 0 radical (unpaired) electrons. The monoisotopic (exact) mass is 404 g/mol. The maximum atomic E-state index is 11.5. The van der Waals surface area contributed by atoms with Crippen molar-refractivity contribution in [3.63, 3.8) is 0 Å². The molecule has 0 saturated heterocycles. The van der Waals surface area contributed by atoms with Crippen molar-refractivity contribution in [3.8, 4) is 11.5 Å². The molecule has 1 unspecified atom stereocenters. The first kappa shape index (κ1) is 22.6. The van der Waals surface area contributed by atoms with Crippen molar-refractivity contribution < 1.29 is 24.5 Å². The fourth-order valence-corrected chi connectivity index (χ4v) is 3.32. The van der Waals surface area contributed by atoms with Gasteiger partial charge in [0.25, 0.3) is 0 Å². The van der Waals surface area contributed by atoms with Crippen molar-refractivity contribution in [2.24, 2.45) is 10.6 Å². The zero-order valence-electron chi connectivity index (χ0n) is 17.2. The maximum absolute atomic E-state index is 11.5. The second kappa shape index (κ2) is 9.69. The number of aliphatic hydroxyl groups is 1. The Morgan fingerprint density at radius 3 is 2.52 bits per heavy atom. The van der Waals surface area contributed by atoms with E-state index < -0.39 is 11.5 Å². The Hall–Kier alpha value is -2.68. The highest BCUT2D eigenvalue weighted by Gasteiger charge is 2.34. The van der Waals surface area contributed by atoms with E-state index in [9.17, 15) is 10.1 Å². The van der Waals surface area contributed by atoms with Crippen molar-refractivity contribution in [1.29, 1.82) is 0 Å². The van der Waals surface area contributed by atoms with Crippen molar-refractivity contribution in [2.45, 2.75) is 26.4 Å². The first-order valence-electron chi connectivity index (χ1n) is 9.21. The summed E-state index contributed by atoms with van der Waals surface area (Å²) in [5, 5.41) is 22.7. The maximum Gasteiger partial charge on any atom is 0.135 e. The molecule has 29 heavy (non-hydrogen) atoms. The first-order valence-corrected chi connectivity index (χ1v) is 9.21. The predicted molar refractivity (Wildman–Crippen MR) is 112 cm³/mol. The molecule has 0 aliphatic heterocycles. The lowest BCUT2D eigenvalue weighted by Gasteiger charge is -2.33. The van der Waals surface area contributed by atoms with E-state index in [1.54, 1.807) is 12.1 Å². The normalized spacial score (nSPS) is 12.5. The summed E-state index contributed by atoms with van der Waals surface area (Å²) in [4.78, 5) is 11.5. The van der Waals surface area contributed by atoms with E-state index in [4.69, 9.17) is 19.3 Å². The number of methoxy groups -OCH3 is 2. The molecule has 0 saturated carbocycles. The molecule has 2 aromatic carbocycles. The first-order chi connectivity index (χ1) is 13.9. The second-order valence-electron chi connectivity index (χ2n) is 7.14. The third-order valence-electron chi connectivity index (χ3n) is 4.92. The fraction of sp³-hybridized carbons (Fsp3) is 0.429. The molecule has 0 aromatic heterocycles. The topological polar surface area (TPSA) is 110 Å². The number of hydrogen-bond acceptors (Lipinski definition) is 8. The largest absolute Gasteiger partial charge is 0.496 e. The predicted octanol–water partition coefficient (Wildman–Crippen LogP) is 4.71. The van der Waals surface area contributed by atoms with Crippen molar-refractivity contribution in [1.82, 2.24) is 0 Å². The number of aliphatic hydroxyl groups excluding tert-OH is 1. The number of benzene rings is 2. The van der Waals surface area contributed by atoms with Gasteiger partial charge >= 0.3 is 0 Å². The van der Waals surface area contributed by atoms with Gasteiger partial charge in [0.15, 0.2) is 0 Å². The Morgan fingerprint density at radius 1 is 1.28 bits per heavy atom. The van der Waals surface area contributed by atoms with E-state index in [1.807, 2.05) is 13.8 Å². The van der Waals surface area contributed by atoms with Crippen LogP contribution in [0.25, 0.3) is 10.8 Å². The Balaban J connectivity index is 2.90. The third-order valence-corrected chi connectivity index (χ3v) is 4.92. The summed E-state index contributed by atoms with van der Waals surface area (Å²) < 4.78 is 17.4. The smallest absolute Gasteiger partial charge is 0.135 e. The molecule has 8 heteroatoms. The van der Waals surface area contributed by atoms with Crippen molar-refractivity contribution in [2.75, 3.05) is 32.9 Å². The summed E-state index contributed by atoms with van der Waals surface area (Å²) in [6, 6.07) is 4.77. The van der Waals surface area contributed by atoms with Crippen LogP contribution in [0.1, 0.15) is 31.9 Å². The molecule has 158 valence electrons. The zero-order chi connectivity index (χ0) is 21.6. The van der Waals surface area contributed by atoms with Crippen LogP contribution in [0.3, 0.4) is 0 Å². The summed E-state index contributed by atoms with van der Waals surface area (Å²) in [5.74, 6) is 0.796. The molecule has 0 spiro atoms. The highest BCUT2D eigenvalue weighted by atomic mass is 16.5. The minimum Gasteiger partial charge on any atom is -0.496 e. The lowest BCUT2D eigenvalue weighted by Crippen LogP contribution is -2.24. The highest BCUT2D eigenvalue weighted by Crippen LogP contribution is 2.50. The average Bonchev–Trinajstić information content (AvgIpc) is 2.74. The van der Waals surface area contributed by atoms with E-state index in [0.717, 1.165) is 0 Å². The van der Waals surface area contributed by atoms with Gasteiger partial charge in [0.1, 0.15) is 17.2 Å². The van der Waals surface area contributed by atoms with Crippen molar-refractivity contribution >= 4 is 22.1 Å². The second-order valence-corrected chi connectivity index (χ2v) is 7.14. The van der Waals surface area contributed by atoms with Crippen LogP contribution in [0, 0.1) is 10.3 Å². The molecule has 1 atom stereocenters. The number of nitrogens with one attached hydrogen (secondary N) is 1. The van der Waals surface area contributed by atoms with E-state index in [-0.39, 0.29) is 12.3 Å². The molecule has 0 amide bonds. The Bertz CT molecular complexity index is 881. The van der Waals surface area contributed by atoms with Crippen LogP contribution < -0.4 is 15.0 Å². The summed E-state index contributed by atoms with van der Waals surface area (Å²) in [6.07, 6.45) is 1.73. The molecule has 3 N–H and O–H groups in total. The van der Waals surface area contributed by atoms with E-state index in [0.29, 0.717) is 46.6 Å². The SMILES string of the molecule is C=CC(C)(C)C(OCCCO)c1cc(OC)c2c(NO)ccc(N=O)c2c1OC. The number of nitrogens with zero attached hydrogens (tertiary/aromatic N) is 1. The van der Waals surface area contributed by atoms with Gasteiger partial charge in [-0.2, -0.15) is 0 Å². The highest BCUT2D eigenvalue weighted by molar-refractivity contribution is 6.08. The van der Waals surface area contributed by atoms with Gasteiger partial charge in [0.2, 0.25) is 0 Å². The van der Waals surface area contributed by atoms with Gasteiger partial charge in [0.05, 0.1) is 36.8 Å². The van der Waals surface area contributed by atoms with Crippen LogP contribution >= 0.6 is 0 Å². The summed E-state index contributed by atoms with van der Waals surface area (Å²) in [7, 11) is 2.98. The van der Waals surface area contributed by atoms with Gasteiger partial charge in [-0.05, 0) is 29.8 Å². The lowest BCUT2D eigenvalue weighted by atomic mass is 9.81. The summed E-state index contributed by atoms with van der Waals surface area (Å²) >= 11 is 0. The van der Waals surface area contributed by atoms with Gasteiger partial charge in [-0.1, -0.05) is 19.9 Å². The molecule has 0 aliphatic rings. The molecule has 0 fully saturated rings. The van der Waals surface area contributed by atoms with E-state index in [1.165, 1.54) is 26.4 Å². The van der Waals surface area contributed by atoms with Crippen molar-refractivity contribution in [3.05, 3.63) is 41.3 Å². The average molecular weight is 404 g/mol. The zero-order valence-corrected chi connectivity index (χ0v) is 17.2. The molecule has 2 rings (SSSR count). The molecule has 0 bridgehead atoms. The molecular weight excluding hydrogens is 376 g/mol. The van der Waals surface area contributed by atoms with Gasteiger partial charge in [0, 0.05) is 24.2 Å². The number of rotatable bonds is 11. The van der Waals surface area contributed by atoms with E-state index in [2.05, 4.69) is 17.2 Å². The van der Waals surface area contributed by atoms with Gasteiger partial charge in [-0.15, -0.1) is 11.5 Å². The third kappa shape index (κ3) is 4.34. The van der Waals surface area contributed by atoms with Crippen LogP contribution in [0.4, 0.5) is 11.4 Å². The van der Waals surface area contributed by atoms with Crippen LogP contribution in [-0.4, -0.2) is 37.7 Å². The Labute approximate surface area is 170 Å². The van der Waals surface area contributed by atoms with Gasteiger partial charge < -0.3 is 19.3 Å². The van der Waals surface area contributed by atoms with Crippen LogP contribution in [0.15, 0.2) is 36.0 Å². The summed E-state index contributed by atoms with van der Waals surface area (Å²) in [5.41, 5.74) is 2.74. The van der Waals surface area contributed by atoms with Crippen LogP contribution in [0.2, 0.25) is 0 Å². The standard InChI is InChI=1S/C21H28N2O6/c1-6-21(2,3)20(29-11-7-10-24)13-12-16(27-4)17-14(22-25)8-9-15(23-26)18(17)19(13)28-5/h6,8-9,12,20,22,24-25H,1,7,10-11H2,2-5H3. The molecule has 2 aromatic rings. The Morgan fingerprint density at radius 2 is 2.00 bits per heavy atom. The Kier molecular flexibility index (Phi) is 7.55. The number of ether oxygens (including phenoxy) is 3. The summed E-state index contributed by atoms with van der Waals surface area (Å²) in [6.45, 7) is 8.16. The number of nitroso groups, excluding NO2 is 1. The minimum absolute atomic E-state index is 0.00412. The van der Waals surface area contributed by atoms with Crippen LogP contribution in [0.5, 0.6) is 11.5 Å². The molecule has 0 aliphatic carbocycles. The van der Waals surface area contributed by atoms with E-state index >= 15 is 0 Å². The fourth-order valence-electron chi connectivity index (χ4n) is 3.32. The number of fused-ring (bicyclic) bond motifs is 1. The number of anilines is 1. The van der Waals surface area contributed by atoms with Gasteiger partial charge in [-0.25, -0.2) is 0 Å². The molecular formula is C21H28N2O6. The van der Waals surface area contributed by atoms with Crippen LogP contribution in [-0.2, 0) is 4.74 Å². The lowest BCUT2D eigenvalue weighted by molar-refractivity contribution is -0.0139. The van der Waals surface area contributed by atoms with Gasteiger partial charge in [-0.3, -0.25) is 10.7 Å². The number of hydrogen-bond donors (Lipinski definition) is 3. The quantitative estimate of drug-likeness (QED) is 0.215. The molecule has 0 heterocycles. The molecule has 8 nitrogen and oxygen atoms in total. The minimum atomic E-state index is -0.511.